The van der Waals surface area contributed by atoms with E-state index in [-0.39, 0.29) is 6.04 Å². The van der Waals surface area contributed by atoms with Crippen molar-refractivity contribution in [1.82, 2.24) is 20.1 Å². The number of hydrogen-bond acceptors (Lipinski definition) is 8. The van der Waals surface area contributed by atoms with Gasteiger partial charge in [0.25, 0.3) is 0 Å². The van der Waals surface area contributed by atoms with Gasteiger partial charge in [-0.15, -0.1) is 0 Å². The van der Waals surface area contributed by atoms with Gasteiger partial charge in [-0.05, 0) is 25.5 Å². The second kappa shape index (κ2) is 10.5. The van der Waals surface area contributed by atoms with Crippen LogP contribution in [-0.4, -0.2) is 39.4 Å². The number of cyclic esters (lactones) is 1. The maximum absolute atomic E-state index is 11.7. The lowest BCUT2D eigenvalue weighted by Gasteiger charge is -2.15. The molecule has 0 aliphatic carbocycles. The van der Waals surface area contributed by atoms with Gasteiger partial charge in [0.2, 0.25) is 17.7 Å². The number of amides is 1. The Balaban J connectivity index is 0.000000858. The quantitative estimate of drug-likeness (QED) is 0.603. The summed E-state index contributed by atoms with van der Waals surface area (Å²) in [5.74, 6) is 1.85. The molecule has 1 aliphatic rings. The molecule has 164 valence electrons. The molecule has 2 aromatic heterocycles. The van der Waals surface area contributed by atoms with Gasteiger partial charge in [0.05, 0.1) is 6.54 Å². The number of hydrogen-bond donors (Lipinski definition) is 1. The fourth-order valence-electron chi connectivity index (χ4n) is 2.94. The lowest BCUT2D eigenvalue weighted by Crippen LogP contribution is -2.25. The Morgan fingerprint density at radius 1 is 1.19 bits per heavy atom. The Morgan fingerprint density at radius 2 is 2.00 bits per heavy atom. The molecule has 1 atom stereocenters. The highest BCUT2D eigenvalue weighted by molar-refractivity contribution is 5.88. The summed E-state index contributed by atoms with van der Waals surface area (Å²) in [4.78, 5) is 26.4. The monoisotopic (exact) mass is 424 g/mol. The first-order valence-corrected chi connectivity index (χ1v) is 10.5. The maximum atomic E-state index is 11.7. The van der Waals surface area contributed by atoms with E-state index in [0.717, 1.165) is 11.1 Å². The maximum Gasteiger partial charge on any atom is 0.415 e. The second-order valence-corrected chi connectivity index (χ2v) is 7.14. The minimum absolute atomic E-state index is 0.258. The molecule has 1 aliphatic heterocycles. The van der Waals surface area contributed by atoms with Gasteiger partial charge in [-0.3, -0.25) is 4.90 Å². The Morgan fingerprint density at radius 3 is 2.68 bits per heavy atom. The number of carbonyl (C=O) groups is 1. The van der Waals surface area contributed by atoms with Crippen LogP contribution >= 0.6 is 0 Å². The fourth-order valence-corrected chi connectivity index (χ4v) is 2.94. The van der Waals surface area contributed by atoms with Gasteiger partial charge >= 0.3 is 6.09 Å². The van der Waals surface area contributed by atoms with Gasteiger partial charge in [-0.1, -0.05) is 56.1 Å². The Bertz CT molecular complexity index is 1010. The van der Waals surface area contributed by atoms with Crippen molar-refractivity contribution >= 4 is 17.9 Å². The minimum Gasteiger partial charge on any atom is -0.447 e. The Kier molecular flexibility index (Phi) is 7.53. The lowest BCUT2D eigenvalue weighted by molar-refractivity contribution is 0.181. The van der Waals surface area contributed by atoms with E-state index in [9.17, 15) is 4.79 Å². The third-order valence-electron chi connectivity index (χ3n) is 4.41. The van der Waals surface area contributed by atoms with Crippen molar-refractivity contribution in [3.63, 3.8) is 0 Å². The molecule has 0 saturated carbocycles. The number of aromatic nitrogens is 4. The molecule has 3 heterocycles. The third kappa shape index (κ3) is 5.56. The van der Waals surface area contributed by atoms with E-state index >= 15 is 0 Å². The van der Waals surface area contributed by atoms with E-state index in [2.05, 4.69) is 39.3 Å². The number of rotatable bonds is 6. The van der Waals surface area contributed by atoms with Gasteiger partial charge in [0, 0.05) is 11.8 Å². The van der Waals surface area contributed by atoms with Crippen molar-refractivity contribution in [2.75, 3.05) is 23.4 Å². The molecule has 9 heteroatoms. The molecule has 4 rings (SSSR count). The van der Waals surface area contributed by atoms with Crippen LogP contribution in [0.5, 0.6) is 0 Å². The number of ether oxygens (including phenoxy) is 1. The largest absolute Gasteiger partial charge is 0.447 e. The molecule has 1 amide bonds. The lowest BCUT2D eigenvalue weighted by atomic mass is 10.1. The average Bonchev–Trinajstić information content (AvgIpc) is 3.42. The summed E-state index contributed by atoms with van der Waals surface area (Å²) >= 11 is 0. The number of nitrogens with zero attached hydrogens (tertiary/aromatic N) is 5. The molecular formula is C22H28N6O3. The molecule has 1 N–H and O–H groups in total. The number of carbonyl (C=O) groups excluding carboxylic acids is 1. The summed E-state index contributed by atoms with van der Waals surface area (Å²) in [6.07, 6.45) is 3.13. The number of nitrogens with one attached hydrogen (secondary N) is 1. The van der Waals surface area contributed by atoms with E-state index in [4.69, 9.17) is 9.26 Å². The van der Waals surface area contributed by atoms with Crippen molar-refractivity contribution in [1.29, 1.82) is 0 Å². The SMILES string of the molecule is CCC.CCC(Nc1nccc(N2CCOC2=O)n1)c1nc(-c2cccc(C)c2)no1. The summed E-state index contributed by atoms with van der Waals surface area (Å²) in [7, 11) is 0. The highest BCUT2D eigenvalue weighted by Gasteiger charge is 2.25. The van der Waals surface area contributed by atoms with Crippen LogP contribution in [0.2, 0.25) is 0 Å². The van der Waals surface area contributed by atoms with Crippen molar-refractivity contribution in [3.05, 3.63) is 48.0 Å². The molecule has 31 heavy (non-hydrogen) atoms. The van der Waals surface area contributed by atoms with Crippen LogP contribution in [0.4, 0.5) is 16.6 Å². The first-order chi connectivity index (χ1) is 15.0. The zero-order valence-corrected chi connectivity index (χ0v) is 18.3. The van der Waals surface area contributed by atoms with E-state index in [0.29, 0.717) is 43.1 Å². The second-order valence-electron chi connectivity index (χ2n) is 7.14. The summed E-state index contributed by atoms with van der Waals surface area (Å²) in [6, 6.07) is 9.33. The van der Waals surface area contributed by atoms with Crippen molar-refractivity contribution in [3.8, 4) is 11.4 Å². The molecule has 1 saturated heterocycles. The van der Waals surface area contributed by atoms with E-state index < -0.39 is 6.09 Å². The standard InChI is InChI=1S/C19H20N6O3.C3H8/c1-3-14(17-23-16(24-28-17)13-6-4-5-12(2)11-13)21-18-20-8-7-15(22-18)25-9-10-27-19(25)26;1-3-2/h4-8,11,14H,3,9-10H2,1-2H3,(H,20,21,22);3H2,1-2H3. The van der Waals surface area contributed by atoms with Crippen molar-refractivity contribution in [2.45, 2.75) is 46.6 Å². The number of benzene rings is 1. The van der Waals surface area contributed by atoms with Crippen molar-refractivity contribution in [2.24, 2.45) is 0 Å². The smallest absolute Gasteiger partial charge is 0.415 e. The minimum atomic E-state index is -0.406. The summed E-state index contributed by atoms with van der Waals surface area (Å²) in [6.45, 7) is 9.08. The first kappa shape index (κ1) is 22.2. The van der Waals surface area contributed by atoms with Crippen LogP contribution in [0.1, 0.15) is 51.1 Å². The Labute approximate surface area is 181 Å². The molecule has 0 bridgehead atoms. The van der Waals surface area contributed by atoms with Crippen LogP contribution in [0.3, 0.4) is 0 Å². The van der Waals surface area contributed by atoms with Crippen LogP contribution in [-0.2, 0) is 4.74 Å². The third-order valence-corrected chi connectivity index (χ3v) is 4.41. The molecule has 1 unspecified atom stereocenters. The zero-order valence-electron chi connectivity index (χ0n) is 18.3. The van der Waals surface area contributed by atoms with Crippen LogP contribution in [0, 0.1) is 6.92 Å². The topological polar surface area (TPSA) is 106 Å². The normalized spacial score (nSPS) is 13.9. The van der Waals surface area contributed by atoms with Gasteiger partial charge in [-0.25, -0.2) is 9.78 Å². The van der Waals surface area contributed by atoms with Gasteiger partial charge in [0.15, 0.2) is 0 Å². The van der Waals surface area contributed by atoms with Crippen LogP contribution in [0.15, 0.2) is 41.1 Å². The van der Waals surface area contributed by atoms with E-state index in [1.165, 1.54) is 11.3 Å². The number of aryl methyl sites for hydroxylation is 1. The highest BCUT2D eigenvalue weighted by Crippen LogP contribution is 2.24. The molecule has 9 nitrogen and oxygen atoms in total. The molecule has 1 fully saturated rings. The average molecular weight is 425 g/mol. The molecular weight excluding hydrogens is 396 g/mol. The van der Waals surface area contributed by atoms with E-state index in [1.54, 1.807) is 12.3 Å². The van der Waals surface area contributed by atoms with E-state index in [1.807, 2.05) is 38.1 Å². The summed E-state index contributed by atoms with van der Waals surface area (Å²) in [5.41, 5.74) is 2.02. The fraction of sp³-hybridized carbons (Fsp3) is 0.409. The molecule has 1 aromatic carbocycles. The Hall–Kier alpha value is -3.49. The van der Waals surface area contributed by atoms with Crippen LogP contribution < -0.4 is 10.2 Å². The predicted molar refractivity (Wildman–Crippen MR) is 118 cm³/mol. The molecule has 0 spiro atoms. The number of anilines is 2. The zero-order chi connectivity index (χ0) is 22.2. The van der Waals surface area contributed by atoms with Crippen LogP contribution in [0.25, 0.3) is 11.4 Å². The van der Waals surface area contributed by atoms with Gasteiger partial charge in [0.1, 0.15) is 18.5 Å². The predicted octanol–water partition coefficient (Wildman–Crippen LogP) is 4.77. The van der Waals surface area contributed by atoms with Gasteiger partial charge in [-0.2, -0.15) is 9.97 Å². The first-order valence-electron chi connectivity index (χ1n) is 10.5. The molecule has 3 aromatic rings. The summed E-state index contributed by atoms with van der Waals surface area (Å²) < 4.78 is 10.4. The summed E-state index contributed by atoms with van der Waals surface area (Å²) in [5, 5.41) is 7.29. The van der Waals surface area contributed by atoms with Crippen molar-refractivity contribution < 1.29 is 14.1 Å². The molecule has 0 radical (unpaired) electrons. The highest BCUT2D eigenvalue weighted by atomic mass is 16.6. The van der Waals surface area contributed by atoms with Gasteiger partial charge < -0.3 is 14.6 Å².